The van der Waals surface area contributed by atoms with Crippen LogP contribution in [0.1, 0.15) is 38.8 Å². The number of rotatable bonds is 4. The van der Waals surface area contributed by atoms with Crippen LogP contribution in [-0.4, -0.2) is 39.3 Å². The van der Waals surface area contributed by atoms with Crippen LogP contribution in [0.5, 0.6) is 5.75 Å². The number of hydrogen-bond acceptors (Lipinski definition) is 3. The second-order valence-corrected chi connectivity index (χ2v) is 21.7. The molecule has 0 saturated carbocycles. The van der Waals surface area contributed by atoms with Gasteiger partial charge in [-0.2, -0.15) is 0 Å². The molecule has 0 radical (unpaired) electrons. The van der Waals surface area contributed by atoms with E-state index in [9.17, 15) is 0 Å². The third-order valence-corrected chi connectivity index (χ3v) is 11.6. The van der Waals surface area contributed by atoms with Gasteiger partial charge in [-0.25, -0.2) is 0 Å². The molecule has 0 amide bonds. The zero-order valence-corrected chi connectivity index (χ0v) is 22.0. The normalized spacial score (nSPS) is 26.0. The molecule has 1 fully saturated rings. The van der Waals surface area contributed by atoms with E-state index < -0.39 is 16.1 Å². The summed E-state index contributed by atoms with van der Waals surface area (Å²) in [6.07, 6.45) is 1.12. The molecule has 158 valence electrons. The van der Waals surface area contributed by atoms with Crippen molar-refractivity contribution in [2.24, 2.45) is 5.41 Å². The summed E-state index contributed by atoms with van der Waals surface area (Å²) < 4.78 is 5.42. The monoisotopic (exact) mass is 426 g/mol. The molecular formula is C24H38N2OSi2. The minimum absolute atomic E-state index is 0.204. The van der Waals surface area contributed by atoms with Crippen LogP contribution in [0.15, 0.2) is 46.1 Å². The highest BCUT2D eigenvalue weighted by atomic mass is 28.3. The molecular weight excluding hydrogens is 388 g/mol. The van der Waals surface area contributed by atoms with Crippen molar-refractivity contribution < 1.29 is 4.74 Å². The second-order valence-electron chi connectivity index (χ2n) is 11.6. The van der Waals surface area contributed by atoms with Crippen molar-refractivity contribution in [1.82, 2.24) is 10.0 Å². The summed E-state index contributed by atoms with van der Waals surface area (Å²) in [5, 5.41) is 9.04. The number of methoxy groups -OCH3 is 1. The second kappa shape index (κ2) is 6.27. The van der Waals surface area contributed by atoms with Gasteiger partial charge < -0.3 is 4.74 Å². The van der Waals surface area contributed by atoms with Gasteiger partial charge in [0.05, 0.1) is 27.3 Å². The Morgan fingerprint density at radius 3 is 2.00 bits per heavy atom. The topological polar surface area (TPSA) is 15.7 Å². The molecule has 1 aromatic rings. The van der Waals surface area contributed by atoms with Crippen LogP contribution < -0.4 is 4.74 Å². The van der Waals surface area contributed by atoms with E-state index in [1.807, 2.05) is 5.20 Å². The Kier molecular flexibility index (Phi) is 4.49. The van der Waals surface area contributed by atoms with Crippen molar-refractivity contribution in [2.75, 3.05) is 7.11 Å². The van der Waals surface area contributed by atoms with Gasteiger partial charge in [0.2, 0.25) is 0 Å². The van der Waals surface area contributed by atoms with Gasteiger partial charge in [0.1, 0.15) is 13.8 Å². The van der Waals surface area contributed by atoms with E-state index in [0.717, 1.165) is 12.2 Å². The SMILES string of the molecule is COc1ccc([C@H]2CC3=C(C)C(C)(C)[C@H]4C([Si](C)(C)C)=C([Si](C)(C)C)N2N34)cc1. The Morgan fingerprint density at radius 2 is 1.52 bits per heavy atom. The molecule has 0 N–H and O–H groups in total. The van der Waals surface area contributed by atoms with Crippen LogP contribution >= 0.6 is 0 Å². The van der Waals surface area contributed by atoms with Crippen LogP contribution in [0.4, 0.5) is 0 Å². The maximum absolute atomic E-state index is 5.42. The lowest BCUT2D eigenvalue weighted by Crippen LogP contribution is -2.44. The average Bonchev–Trinajstić information content (AvgIpc) is 3.21. The first-order valence-corrected chi connectivity index (χ1v) is 18.0. The number of hydrogen-bond donors (Lipinski definition) is 0. The molecule has 3 aliphatic heterocycles. The number of ether oxygens (including phenoxy) is 1. The maximum Gasteiger partial charge on any atom is 0.118 e. The molecule has 1 saturated heterocycles. The van der Waals surface area contributed by atoms with Gasteiger partial charge in [-0.05, 0) is 35.4 Å². The molecule has 3 heterocycles. The van der Waals surface area contributed by atoms with Crippen LogP contribution in [0.3, 0.4) is 0 Å². The molecule has 0 aliphatic carbocycles. The van der Waals surface area contributed by atoms with Gasteiger partial charge in [-0.1, -0.05) is 65.3 Å². The Balaban J connectivity index is 1.95. The molecule has 0 aromatic heterocycles. The van der Waals surface area contributed by atoms with Gasteiger partial charge in [-0.3, -0.25) is 10.0 Å². The molecule has 0 bridgehead atoms. The predicted molar refractivity (Wildman–Crippen MR) is 128 cm³/mol. The lowest BCUT2D eigenvalue weighted by atomic mass is 9.80. The Hall–Kier alpha value is -1.47. The van der Waals surface area contributed by atoms with Gasteiger partial charge in [0.15, 0.2) is 0 Å². The van der Waals surface area contributed by atoms with Crippen molar-refractivity contribution in [3.63, 3.8) is 0 Å². The highest BCUT2D eigenvalue weighted by molar-refractivity contribution is 6.89. The molecule has 4 rings (SSSR count). The highest BCUT2D eigenvalue weighted by Gasteiger charge is 2.61. The zero-order chi connectivity index (χ0) is 21.5. The Labute approximate surface area is 179 Å². The van der Waals surface area contributed by atoms with Crippen LogP contribution in [0, 0.1) is 5.41 Å². The summed E-state index contributed by atoms with van der Waals surface area (Å²) in [5.74, 6) is 0.937. The maximum atomic E-state index is 5.42. The van der Waals surface area contributed by atoms with Crippen molar-refractivity contribution >= 4 is 16.1 Å². The first-order valence-electron chi connectivity index (χ1n) is 11.0. The summed E-state index contributed by atoms with van der Waals surface area (Å²) in [5.41, 5.74) is 4.78. The summed E-state index contributed by atoms with van der Waals surface area (Å²) >= 11 is 0. The zero-order valence-electron chi connectivity index (χ0n) is 20.0. The highest BCUT2D eigenvalue weighted by Crippen LogP contribution is 2.62. The first-order chi connectivity index (χ1) is 13.3. The lowest BCUT2D eigenvalue weighted by molar-refractivity contribution is 0.0444. The van der Waals surface area contributed by atoms with E-state index in [1.165, 1.54) is 5.56 Å². The minimum atomic E-state index is -1.55. The van der Waals surface area contributed by atoms with Crippen molar-refractivity contribution in [3.8, 4) is 5.75 Å². The van der Waals surface area contributed by atoms with Crippen molar-refractivity contribution in [1.29, 1.82) is 0 Å². The summed E-state index contributed by atoms with van der Waals surface area (Å²) in [4.78, 5) is 0. The van der Waals surface area contributed by atoms with E-state index in [2.05, 4.69) is 94.3 Å². The standard InChI is InChI=1S/C24H38N2OSi2/c1-16-19-15-20(17-11-13-18(27-4)14-12-17)26-23(29(8,9)10)21(28(5,6)7)22(25(19)26)24(16,2)3/h11-14,20,22H,15H2,1-10H3/t20-,22-/m1/s1. The molecule has 0 unspecified atom stereocenters. The van der Waals surface area contributed by atoms with E-state index in [4.69, 9.17) is 4.74 Å². The molecule has 5 heteroatoms. The van der Waals surface area contributed by atoms with E-state index in [-0.39, 0.29) is 5.41 Å². The summed E-state index contributed by atoms with van der Waals surface area (Å²) in [7, 11) is -1.30. The molecule has 3 nitrogen and oxygen atoms in total. The van der Waals surface area contributed by atoms with Crippen LogP contribution in [-0.2, 0) is 0 Å². The lowest BCUT2D eigenvalue weighted by Gasteiger charge is -2.38. The third-order valence-electron chi connectivity index (χ3n) is 7.29. The Morgan fingerprint density at radius 1 is 0.931 bits per heavy atom. The molecule has 0 spiro atoms. The van der Waals surface area contributed by atoms with E-state index in [1.54, 1.807) is 23.7 Å². The Bertz CT molecular complexity index is 900. The van der Waals surface area contributed by atoms with E-state index in [0.29, 0.717) is 12.1 Å². The largest absolute Gasteiger partial charge is 0.497 e. The predicted octanol–water partition coefficient (Wildman–Crippen LogP) is 6.36. The average molecular weight is 427 g/mol. The quantitative estimate of drug-likeness (QED) is 0.521. The first kappa shape index (κ1) is 20.8. The molecule has 3 aliphatic rings. The third kappa shape index (κ3) is 2.87. The summed E-state index contributed by atoms with van der Waals surface area (Å²) in [6, 6.07) is 9.70. The van der Waals surface area contributed by atoms with Gasteiger partial charge in [0, 0.05) is 22.9 Å². The van der Waals surface area contributed by atoms with Crippen LogP contribution in [0.25, 0.3) is 0 Å². The van der Waals surface area contributed by atoms with Gasteiger partial charge in [-0.15, -0.1) is 0 Å². The minimum Gasteiger partial charge on any atom is -0.497 e. The fourth-order valence-electron chi connectivity index (χ4n) is 5.73. The molecule has 2 atom stereocenters. The molecule has 29 heavy (non-hydrogen) atoms. The number of hydrazine groups is 1. The molecule has 1 aromatic carbocycles. The number of nitrogens with zero attached hydrogens (tertiary/aromatic N) is 2. The van der Waals surface area contributed by atoms with Crippen molar-refractivity contribution in [2.45, 2.75) is 78.6 Å². The van der Waals surface area contributed by atoms with E-state index >= 15 is 0 Å². The van der Waals surface area contributed by atoms with Crippen LogP contribution in [0.2, 0.25) is 39.3 Å². The van der Waals surface area contributed by atoms with Gasteiger partial charge >= 0.3 is 0 Å². The number of benzene rings is 1. The summed E-state index contributed by atoms with van der Waals surface area (Å²) in [6.45, 7) is 22.6. The van der Waals surface area contributed by atoms with Crippen molar-refractivity contribution in [3.05, 3.63) is 51.6 Å². The van der Waals surface area contributed by atoms with Gasteiger partial charge in [0.25, 0.3) is 0 Å². The fourth-order valence-corrected chi connectivity index (χ4v) is 12.0. The smallest absolute Gasteiger partial charge is 0.118 e. The fraction of sp³-hybridized carbons (Fsp3) is 0.583.